The molecular weight excluding hydrogens is 399 g/mol. The number of hydrogen-bond acceptors (Lipinski definition) is 5. The highest BCUT2D eigenvalue weighted by Gasteiger charge is 2.38. The quantitative estimate of drug-likeness (QED) is 0.794. The average Bonchev–Trinajstić information content (AvgIpc) is 3.13. The van der Waals surface area contributed by atoms with Crippen molar-refractivity contribution in [3.05, 3.63) is 42.2 Å². The Kier molecular flexibility index (Phi) is 8.31. The number of benzene rings is 1. The number of aromatic nitrogens is 1. The predicted octanol–water partition coefficient (Wildman–Crippen LogP) is 2.96. The summed E-state index contributed by atoms with van der Waals surface area (Å²) >= 11 is 0. The molecule has 3 heterocycles. The Morgan fingerprint density at radius 3 is 2.71 bits per heavy atom. The molecule has 28 heavy (non-hydrogen) atoms. The summed E-state index contributed by atoms with van der Waals surface area (Å²) in [7, 11) is 0. The zero-order chi connectivity index (χ0) is 17.9. The maximum absolute atomic E-state index is 12.2. The number of amides is 1. The van der Waals surface area contributed by atoms with Gasteiger partial charge >= 0.3 is 0 Å². The molecular formula is C20H28Cl2N4O2. The summed E-state index contributed by atoms with van der Waals surface area (Å²) in [6, 6.07) is 12.5. The minimum atomic E-state index is 0. The Hall–Kier alpha value is -1.60. The van der Waals surface area contributed by atoms with Crippen molar-refractivity contribution in [2.75, 3.05) is 26.2 Å². The van der Waals surface area contributed by atoms with Gasteiger partial charge in [-0.15, -0.1) is 24.8 Å². The van der Waals surface area contributed by atoms with Crippen LogP contribution in [0.4, 0.5) is 0 Å². The van der Waals surface area contributed by atoms with Gasteiger partial charge in [0, 0.05) is 50.3 Å². The minimum Gasteiger partial charge on any atom is -0.359 e. The Morgan fingerprint density at radius 1 is 1.18 bits per heavy atom. The fraction of sp³-hybridized carbons (Fsp3) is 0.500. The Balaban J connectivity index is 0.00000140. The summed E-state index contributed by atoms with van der Waals surface area (Å²) < 4.78 is 5.56. The number of fused-ring (bicyclic) bond motifs is 1. The fourth-order valence-corrected chi connectivity index (χ4v) is 4.35. The van der Waals surface area contributed by atoms with Crippen molar-refractivity contribution in [1.82, 2.24) is 15.0 Å². The molecule has 0 spiro atoms. The van der Waals surface area contributed by atoms with E-state index >= 15 is 0 Å². The van der Waals surface area contributed by atoms with Crippen LogP contribution in [-0.4, -0.2) is 53.1 Å². The van der Waals surface area contributed by atoms with E-state index < -0.39 is 0 Å². The predicted molar refractivity (Wildman–Crippen MR) is 114 cm³/mol. The van der Waals surface area contributed by atoms with E-state index in [4.69, 9.17) is 10.3 Å². The molecule has 1 aromatic carbocycles. The average molecular weight is 427 g/mol. The zero-order valence-electron chi connectivity index (χ0n) is 15.8. The number of rotatable bonds is 5. The van der Waals surface area contributed by atoms with Gasteiger partial charge in [0.15, 0.2) is 5.76 Å². The van der Waals surface area contributed by atoms with Gasteiger partial charge < -0.3 is 15.2 Å². The number of carbonyl (C=O) groups excluding carboxylic acids is 1. The Labute approximate surface area is 178 Å². The summed E-state index contributed by atoms with van der Waals surface area (Å²) in [6.07, 6.45) is 2.64. The highest BCUT2D eigenvalue weighted by Crippen LogP contribution is 2.32. The molecule has 154 valence electrons. The lowest BCUT2D eigenvalue weighted by Crippen LogP contribution is -2.56. The van der Waals surface area contributed by atoms with Gasteiger partial charge in [0.05, 0.1) is 6.54 Å². The first-order valence-electron chi connectivity index (χ1n) is 9.47. The van der Waals surface area contributed by atoms with E-state index in [1.54, 1.807) is 0 Å². The lowest BCUT2D eigenvalue weighted by atomic mass is 9.83. The van der Waals surface area contributed by atoms with Crippen molar-refractivity contribution in [3.63, 3.8) is 0 Å². The molecule has 1 amide bonds. The first kappa shape index (κ1) is 22.7. The molecule has 2 aliphatic heterocycles. The monoisotopic (exact) mass is 426 g/mol. The van der Waals surface area contributed by atoms with Gasteiger partial charge in [-0.3, -0.25) is 9.69 Å². The van der Waals surface area contributed by atoms with Gasteiger partial charge in [-0.2, -0.15) is 0 Å². The highest BCUT2D eigenvalue weighted by molar-refractivity contribution is 5.85. The van der Waals surface area contributed by atoms with Crippen molar-refractivity contribution in [3.8, 4) is 11.3 Å². The number of halogens is 2. The molecule has 1 aromatic heterocycles. The fourth-order valence-electron chi connectivity index (χ4n) is 4.35. The molecule has 2 N–H and O–H groups in total. The molecule has 8 heteroatoms. The number of nitrogens with zero attached hydrogens (tertiary/aromatic N) is 3. The SMILES string of the molecule is Cl.Cl.NCCN1C(=O)CC[C@H]2CN(Cc3cc(-c4ccccc4)no3)CC[C@H]21. The third-order valence-electron chi connectivity index (χ3n) is 5.61. The lowest BCUT2D eigenvalue weighted by Gasteiger charge is -2.46. The van der Waals surface area contributed by atoms with Crippen LogP contribution >= 0.6 is 24.8 Å². The summed E-state index contributed by atoms with van der Waals surface area (Å²) in [5.74, 6) is 1.70. The molecule has 0 unspecified atom stereocenters. The third-order valence-corrected chi connectivity index (χ3v) is 5.61. The van der Waals surface area contributed by atoms with E-state index in [9.17, 15) is 4.79 Å². The number of carbonyl (C=O) groups is 1. The van der Waals surface area contributed by atoms with Gasteiger partial charge in [-0.05, 0) is 18.8 Å². The van der Waals surface area contributed by atoms with Crippen molar-refractivity contribution in [2.24, 2.45) is 11.7 Å². The summed E-state index contributed by atoms with van der Waals surface area (Å²) in [5.41, 5.74) is 7.66. The standard InChI is InChI=1S/C20H26N4O2.2ClH/c21-9-11-24-19-8-10-23(13-16(19)6-7-20(24)25)14-17-12-18(22-26-17)15-4-2-1-3-5-15;;/h1-5,12,16,19H,6-11,13-14,21H2;2*1H/t16-,19+;;/m0../s1. The van der Waals surface area contributed by atoms with E-state index in [-0.39, 0.29) is 30.7 Å². The molecule has 0 bridgehead atoms. The zero-order valence-corrected chi connectivity index (χ0v) is 17.5. The molecule has 0 saturated carbocycles. The number of hydrogen-bond donors (Lipinski definition) is 1. The Morgan fingerprint density at radius 2 is 1.96 bits per heavy atom. The van der Waals surface area contributed by atoms with Crippen LogP contribution < -0.4 is 5.73 Å². The molecule has 4 rings (SSSR count). The van der Waals surface area contributed by atoms with Crippen LogP contribution in [-0.2, 0) is 11.3 Å². The first-order chi connectivity index (χ1) is 12.7. The molecule has 2 fully saturated rings. The summed E-state index contributed by atoms with van der Waals surface area (Å²) in [5, 5.41) is 4.21. The number of nitrogens with two attached hydrogens (primary N) is 1. The van der Waals surface area contributed by atoms with E-state index in [0.717, 1.165) is 49.5 Å². The van der Waals surface area contributed by atoms with Crippen molar-refractivity contribution in [2.45, 2.75) is 31.8 Å². The summed E-state index contributed by atoms with van der Waals surface area (Å²) in [4.78, 5) is 16.6. The second-order valence-corrected chi connectivity index (χ2v) is 7.31. The lowest BCUT2D eigenvalue weighted by molar-refractivity contribution is -0.141. The van der Waals surface area contributed by atoms with E-state index in [0.29, 0.717) is 31.5 Å². The molecule has 6 nitrogen and oxygen atoms in total. The van der Waals surface area contributed by atoms with Gasteiger partial charge in [-0.25, -0.2) is 0 Å². The topological polar surface area (TPSA) is 75.6 Å². The third kappa shape index (κ3) is 4.87. The second kappa shape index (κ2) is 10.3. The molecule has 0 radical (unpaired) electrons. The van der Waals surface area contributed by atoms with Crippen LogP contribution in [0.5, 0.6) is 0 Å². The van der Waals surface area contributed by atoms with Crippen LogP contribution in [0.1, 0.15) is 25.0 Å². The van der Waals surface area contributed by atoms with Crippen LogP contribution in [0.3, 0.4) is 0 Å². The van der Waals surface area contributed by atoms with Gasteiger partial charge in [-0.1, -0.05) is 35.5 Å². The van der Waals surface area contributed by atoms with Crippen LogP contribution in [0.15, 0.2) is 40.9 Å². The first-order valence-corrected chi connectivity index (χ1v) is 9.47. The maximum atomic E-state index is 12.2. The summed E-state index contributed by atoms with van der Waals surface area (Å²) in [6.45, 7) is 3.96. The molecule has 2 saturated heterocycles. The number of likely N-dealkylation sites (tertiary alicyclic amines) is 2. The normalized spacial score (nSPS) is 22.2. The van der Waals surface area contributed by atoms with E-state index in [1.165, 1.54) is 0 Å². The maximum Gasteiger partial charge on any atom is 0.222 e. The number of piperidine rings is 2. The largest absolute Gasteiger partial charge is 0.359 e. The molecule has 0 aliphatic carbocycles. The van der Waals surface area contributed by atoms with Crippen LogP contribution in [0, 0.1) is 5.92 Å². The van der Waals surface area contributed by atoms with E-state index in [2.05, 4.69) is 10.1 Å². The molecule has 2 aromatic rings. The van der Waals surface area contributed by atoms with E-state index in [1.807, 2.05) is 41.3 Å². The van der Waals surface area contributed by atoms with Gasteiger partial charge in [0.2, 0.25) is 5.91 Å². The second-order valence-electron chi connectivity index (χ2n) is 7.31. The minimum absolute atomic E-state index is 0. The molecule has 2 atom stereocenters. The van der Waals surface area contributed by atoms with Crippen LogP contribution in [0.25, 0.3) is 11.3 Å². The van der Waals surface area contributed by atoms with Crippen molar-refractivity contribution < 1.29 is 9.32 Å². The van der Waals surface area contributed by atoms with Gasteiger partial charge in [0.1, 0.15) is 5.69 Å². The molecule has 2 aliphatic rings. The van der Waals surface area contributed by atoms with Crippen molar-refractivity contribution in [1.29, 1.82) is 0 Å². The highest BCUT2D eigenvalue weighted by atomic mass is 35.5. The van der Waals surface area contributed by atoms with Crippen molar-refractivity contribution >= 4 is 30.7 Å². The van der Waals surface area contributed by atoms with Gasteiger partial charge in [0.25, 0.3) is 0 Å². The smallest absolute Gasteiger partial charge is 0.222 e. The van der Waals surface area contributed by atoms with Crippen LogP contribution in [0.2, 0.25) is 0 Å². The Bertz CT molecular complexity index is 756.